The maximum absolute atomic E-state index is 9.51. The molecule has 0 aromatic carbocycles. The van der Waals surface area contributed by atoms with Gasteiger partial charge in [-0.2, -0.15) is 5.10 Å². The highest BCUT2D eigenvalue weighted by Gasteiger charge is 2.22. The molecule has 1 fully saturated rings. The Morgan fingerprint density at radius 3 is 2.81 bits per heavy atom. The van der Waals surface area contributed by atoms with E-state index in [1.54, 1.807) is 0 Å². The molecule has 2 heterocycles. The molecular formula is C11H20N4O. The lowest BCUT2D eigenvalue weighted by Crippen LogP contribution is -2.46. The van der Waals surface area contributed by atoms with Gasteiger partial charge in [0.15, 0.2) is 0 Å². The van der Waals surface area contributed by atoms with Gasteiger partial charge < -0.3 is 10.4 Å². The normalized spacial score (nSPS) is 19.9. The van der Waals surface area contributed by atoms with Crippen molar-refractivity contribution in [3.8, 4) is 0 Å². The lowest BCUT2D eigenvalue weighted by molar-refractivity contribution is 0.111. The molecule has 1 unspecified atom stereocenters. The highest BCUT2D eigenvalue weighted by molar-refractivity contribution is 5.11. The lowest BCUT2D eigenvalue weighted by Gasteiger charge is -2.33. The van der Waals surface area contributed by atoms with Crippen LogP contribution in [0.5, 0.6) is 0 Å². The van der Waals surface area contributed by atoms with E-state index in [9.17, 15) is 5.11 Å². The van der Waals surface area contributed by atoms with Crippen molar-refractivity contribution in [1.29, 1.82) is 0 Å². The molecule has 5 nitrogen and oxygen atoms in total. The average molecular weight is 224 g/mol. The minimum Gasteiger partial charge on any atom is -0.394 e. The molecule has 5 heteroatoms. The first-order chi connectivity index (χ1) is 7.85. The van der Waals surface area contributed by atoms with Crippen molar-refractivity contribution in [1.82, 2.24) is 20.0 Å². The molecule has 16 heavy (non-hydrogen) atoms. The first-order valence-electron chi connectivity index (χ1n) is 5.93. The van der Waals surface area contributed by atoms with Gasteiger partial charge in [0.05, 0.1) is 18.8 Å². The number of aliphatic hydroxyl groups excluding tert-OH is 1. The molecule has 0 radical (unpaired) electrons. The number of aliphatic hydroxyl groups is 1. The fourth-order valence-electron chi connectivity index (χ4n) is 2.15. The Morgan fingerprint density at radius 1 is 1.50 bits per heavy atom. The summed E-state index contributed by atoms with van der Waals surface area (Å²) >= 11 is 0. The summed E-state index contributed by atoms with van der Waals surface area (Å²) in [4.78, 5) is 2.31. The number of hydrogen-bond acceptors (Lipinski definition) is 4. The van der Waals surface area contributed by atoms with E-state index >= 15 is 0 Å². The first kappa shape index (κ1) is 11.6. The van der Waals surface area contributed by atoms with Crippen LogP contribution in [-0.2, 0) is 6.54 Å². The number of rotatable bonds is 4. The van der Waals surface area contributed by atoms with Gasteiger partial charge in [-0.25, -0.2) is 0 Å². The minimum absolute atomic E-state index is 0.0994. The first-order valence-corrected chi connectivity index (χ1v) is 5.93. The van der Waals surface area contributed by atoms with Crippen molar-refractivity contribution in [2.45, 2.75) is 19.5 Å². The van der Waals surface area contributed by atoms with Gasteiger partial charge in [-0.1, -0.05) is 0 Å². The third-order valence-corrected chi connectivity index (χ3v) is 3.13. The van der Waals surface area contributed by atoms with E-state index in [2.05, 4.69) is 22.2 Å². The summed E-state index contributed by atoms with van der Waals surface area (Å²) in [7, 11) is 0. The Labute approximate surface area is 96.1 Å². The third kappa shape index (κ3) is 2.42. The van der Waals surface area contributed by atoms with Crippen molar-refractivity contribution in [3.63, 3.8) is 0 Å². The summed E-state index contributed by atoms with van der Waals surface area (Å²) in [5, 5.41) is 17.1. The zero-order valence-electron chi connectivity index (χ0n) is 9.76. The van der Waals surface area contributed by atoms with Gasteiger partial charge in [0.2, 0.25) is 0 Å². The van der Waals surface area contributed by atoms with Gasteiger partial charge in [0, 0.05) is 44.5 Å². The Bertz CT molecular complexity index is 320. The summed E-state index contributed by atoms with van der Waals surface area (Å²) in [5.74, 6) is 0. The second-order valence-electron chi connectivity index (χ2n) is 4.11. The molecule has 90 valence electrons. The monoisotopic (exact) mass is 224 g/mol. The summed E-state index contributed by atoms with van der Waals surface area (Å²) in [6, 6.07) is 0.0994. The highest BCUT2D eigenvalue weighted by atomic mass is 16.3. The SMILES string of the molecule is CCn1cc(C(CO)N2CCNCC2)cn1. The number of piperazine rings is 1. The van der Waals surface area contributed by atoms with Crippen molar-refractivity contribution in [2.75, 3.05) is 32.8 Å². The molecule has 1 atom stereocenters. The van der Waals surface area contributed by atoms with E-state index in [4.69, 9.17) is 0 Å². The largest absolute Gasteiger partial charge is 0.394 e. The number of nitrogens with zero attached hydrogens (tertiary/aromatic N) is 3. The van der Waals surface area contributed by atoms with Gasteiger partial charge in [0.1, 0.15) is 0 Å². The molecule has 2 N–H and O–H groups in total. The predicted molar refractivity (Wildman–Crippen MR) is 62.2 cm³/mol. The second-order valence-corrected chi connectivity index (χ2v) is 4.11. The smallest absolute Gasteiger partial charge is 0.0629 e. The van der Waals surface area contributed by atoms with Crippen molar-refractivity contribution >= 4 is 0 Å². The maximum Gasteiger partial charge on any atom is 0.0629 e. The van der Waals surface area contributed by atoms with E-state index in [0.717, 1.165) is 38.3 Å². The van der Waals surface area contributed by atoms with Crippen molar-refractivity contribution in [2.24, 2.45) is 0 Å². The van der Waals surface area contributed by atoms with Gasteiger partial charge in [-0.3, -0.25) is 9.58 Å². The van der Waals surface area contributed by atoms with E-state index < -0.39 is 0 Å². The second kappa shape index (κ2) is 5.43. The summed E-state index contributed by atoms with van der Waals surface area (Å²) < 4.78 is 1.90. The van der Waals surface area contributed by atoms with Crippen LogP contribution in [-0.4, -0.2) is 52.6 Å². The molecule has 1 aromatic rings. The summed E-state index contributed by atoms with van der Waals surface area (Å²) in [6.45, 7) is 7.08. The fraction of sp³-hybridized carbons (Fsp3) is 0.727. The quantitative estimate of drug-likeness (QED) is 0.746. The molecule has 1 aliphatic rings. The molecule has 1 saturated heterocycles. The van der Waals surface area contributed by atoms with E-state index in [-0.39, 0.29) is 12.6 Å². The summed E-state index contributed by atoms with van der Waals surface area (Å²) in [6.07, 6.45) is 3.90. The van der Waals surface area contributed by atoms with Gasteiger partial charge in [0.25, 0.3) is 0 Å². The Kier molecular flexibility index (Phi) is 3.93. The Morgan fingerprint density at radius 2 is 2.25 bits per heavy atom. The zero-order valence-corrected chi connectivity index (χ0v) is 9.76. The van der Waals surface area contributed by atoms with Crippen LogP contribution < -0.4 is 5.32 Å². The Hall–Kier alpha value is -0.910. The van der Waals surface area contributed by atoms with Crippen molar-refractivity contribution < 1.29 is 5.11 Å². The zero-order chi connectivity index (χ0) is 11.4. The topological polar surface area (TPSA) is 53.3 Å². The van der Waals surface area contributed by atoms with Crippen LogP contribution in [0.1, 0.15) is 18.5 Å². The van der Waals surface area contributed by atoms with Crippen LogP contribution in [0.15, 0.2) is 12.4 Å². The molecule has 0 aliphatic carbocycles. The summed E-state index contributed by atoms with van der Waals surface area (Å²) in [5.41, 5.74) is 1.12. The number of hydrogen-bond donors (Lipinski definition) is 2. The average Bonchev–Trinajstić information content (AvgIpc) is 2.80. The van der Waals surface area contributed by atoms with Crippen LogP contribution in [0.4, 0.5) is 0 Å². The van der Waals surface area contributed by atoms with Crippen LogP contribution >= 0.6 is 0 Å². The standard InChI is InChI=1S/C11H20N4O/c1-2-15-8-10(7-13-15)11(9-16)14-5-3-12-4-6-14/h7-8,11-12,16H,2-6,9H2,1H3. The predicted octanol–water partition coefficient (Wildman–Crippen LogP) is -0.158. The molecule has 0 amide bonds. The van der Waals surface area contributed by atoms with Crippen LogP contribution in [0.3, 0.4) is 0 Å². The lowest BCUT2D eigenvalue weighted by atomic mass is 10.1. The van der Waals surface area contributed by atoms with Crippen LogP contribution in [0.2, 0.25) is 0 Å². The van der Waals surface area contributed by atoms with E-state index in [1.807, 2.05) is 17.1 Å². The molecular weight excluding hydrogens is 204 g/mol. The van der Waals surface area contributed by atoms with Crippen LogP contribution in [0, 0.1) is 0 Å². The molecule has 0 spiro atoms. The van der Waals surface area contributed by atoms with Gasteiger partial charge in [-0.05, 0) is 6.92 Å². The van der Waals surface area contributed by atoms with Gasteiger partial charge in [-0.15, -0.1) is 0 Å². The van der Waals surface area contributed by atoms with Crippen molar-refractivity contribution in [3.05, 3.63) is 18.0 Å². The number of aromatic nitrogens is 2. The van der Waals surface area contributed by atoms with E-state index in [1.165, 1.54) is 0 Å². The van der Waals surface area contributed by atoms with Gasteiger partial charge >= 0.3 is 0 Å². The number of nitrogens with one attached hydrogen (secondary N) is 1. The van der Waals surface area contributed by atoms with E-state index in [0.29, 0.717) is 0 Å². The molecule has 2 rings (SSSR count). The molecule has 0 bridgehead atoms. The molecule has 1 aromatic heterocycles. The number of aryl methyl sites for hydroxylation is 1. The maximum atomic E-state index is 9.51. The van der Waals surface area contributed by atoms with Crippen LogP contribution in [0.25, 0.3) is 0 Å². The molecule has 0 saturated carbocycles. The Balaban J connectivity index is 2.08. The third-order valence-electron chi connectivity index (χ3n) is 3.13. The molecule has 1 aliphatic heterocycles. The fourth-order valence-corrected chi connectivity index (χ4v) is 2.15. The highest BCUT2D eigenvalue weighted by Crippen LogP contribution is 2.19. The minimum atomic E-state index is 0.0994.